The molecule has 0 aromatic heterocycles. The zero-order valence-electron chi connectivity index (χ0n) is 32.3. The molecule has 2 N–H and O–H groups in total. The lowest BCUT2D eigenvalue weighted by atomic mass is 9.61. The fraction of sp³-hybridized carbons (Fsp3) is 0.605. The van der Waals surface area contributed by atoms with E-state index in [1.54, 1.807) is 6.08 Å². The van der Waals surface area contributed by atoms with Crippen molar-refractivity contribution in [2.45, 2.75) is 136 Å². The van der Waals surface area contributed by atoms with Crippen molar-refractivity contribution in [3.63, 3.8) is 0 Å². The molecule has 2 saturated heterocycles. The maximum atomic E-state index is 15.6. The van der Waals surface area contributed by atoms with Gasteiger partial charge in [0.25, 0.3) is 0 Å². The van der Waals surface area contributed by atoms with Gasteiger partial charge in [-0.3, -0.25) is 14.5 Å². The molecule has 1 aromatic rings. The van der Waals surface area contributed by atoms with Crippen LogP contribution in [0.3, 0.4) is 0 Å². The quantitative estimate of drug-likeness (QED) is 0.195. The van der Waals surface area contributed by atoms with Crippen LogP contribution in [-0.4, -0.2) is 74.2 Å². The smallest absolute Gasteiger partial charge is 0.330 e. The topological polar surface area (TPSA) is 123 Å². The summed E-state index contributed by atoms with van der Waals surface area (Å²) in [4.78, 5) is 45.2. The van der Waals surface area contributed by atoms with Gasteiger partial charge < -0.3 is 24.4 Å². The average Bonchev–Trinajstić information content (AvgIpc) is 3.50. The Bertz CT molecular complexity index is 1870. The number of likely N-dealkylation sites (tertiary alicyclic amines) is 1. The molecule has 2 saturated carbocycles. The molecule has 4 bridgehead atoms. The number of phenolic OH excluding ortho intramolecular Hbond substituents is 1. The van der Waals surface area contributed by atoms with Gasteiger partial charge >= 0.3 is 5.97 Å². The number of aromatic hydroxyl groups is 1. The fourth-order valence-corrected chi connectivity index (χ4v) is 11.1. The first-order chi connectivity index (χ1) is 24.4. The lowest BCUT2D eigenvalue weighted by Gasteiger charge is -2.55. The van der Waals surface area contributed by atoms with Crippen molar-refractivity contribution in [2.24, 2.45) is 17.3 Å². The Hall–Kier alpha value is -3.69. The van der Waals surface area contributed by atoms with Crippen LogP contribution in [0.1, 0.15) is 122 Å². The molecule has 7 atom stereocenters. The molecule has 2 aliphatic carbocycles. The zero-order valence-corrected chi connectivity index (χ0v) is 32.3. The third-order valence-corrected chi connectivity index (χ3v) is 13.0. The molecule has 1 aromatic carbocycles. The number of carbonyl (C=O) groups excluding carboxylic acids is 2. The highest BCUT2D eigenvalue weighted by Gasteiger charge is 2.95. The van der Waals surface area contributed by atoms with Crippen molar-refractivity contribution in [1.29, 1.82) is 0 Å². The van der Waals surface area contributed by atoms with E-state index in [2.05, 4.69) is 30.9 Å². The van der Waals surface area contributed by atoms with Crippen LogP contribution in [0.15, 0.2) is 41.0 Å². The molecule has 9 heteroatoms. The number of fused-ring (bicyclic) bond motifs is 2. The van der Waals surface area contributed by atoms with Gasteiger partial charge in [-0.15, -0.1) is 0 Å². The summed E-state index contributed by atoms with van der Waals surface area (Å²) in [7, 11) is 0. The Kier molecular flexibility index (Phi) is 8.58. The molecule has 7 rings (SSSR count). The summed E-state index contributed by atoms with van der Waals surface area (Å²) >= 11 is 0. The van der Waals surface area contributed by atoms with Gasteiger partial charge in [-0.1, -0.05) is 42.7 Å². The van der Waals surface area contributed by atoms with Crippen molar-refractivity contribution in [3.8, 4) is 17.2 Å². The second-order valence-electron chi connectivity index (χ2n) is 17.6. The lowest BCUT2D eigenvalue weighted by Crippen LogP contribution is -2.72. The molecule has 4 aliphatic heterocycles. The molecule has 4 fully saturated rings. The first-order valence-electron chi connectivity index (χ1n) is 19.1. The Morgan fingerprint density at radius 2 is 1.62 bits per heavy atom. The number of benzene rings is 1. The van der Waals surface area contributed by atoms with Gasteiger partial charge in [-0.05, 0) is 113 Å². The molecular weight excluding hydrogens is 658 g/mol. The first-order valence-corrected chi connectivity index (χ1v) is 19.1. The van der Waals surface area contributed by atoms with Crippen molar-refractivity contribution >= 4 is 23.6 Å². The number of ether oxygens (including phenoxy) is 3. The number of Topliss-reactive ketones (excluding diaryl/α,β-unsaturated/α-hetero) is 2. The van der Waals surface area contributed by atoms with Crippen molar-refractivity contribution in [2.75, 3.05) is 13.1 Å². The number of hydrogen-bond donors (Lipinski definition) is 2. The van der Waals surface area contributed by atoms with Gasteiger partial charge in [0.2, 0.25) is 0 Å². The van der Waals surface area contributed by atoms with Crippen LogP contribution in [0.25, 0.3) is 6.08 Å². The molecule has 0 amide bonds. The van der Waals surface area contributed by atoms with E-state index in [-0.39, 0.29) is 40.6 Å². The maximum Gasteiger partial charge on any atom is 0.330 e. The van der Waals surface area contributed by atoms with Crippen LogP contribution in [0, 0.1) is 17.3 Å². The van der Waals surface area contributed by atoms with E-state index in [1.165, 1.54) is 12.5 Å². The molecule has 280 valence electrons. The molecule has 7 unspecified atom stereocenters. The van der Waals surface area contributed by atoms with Crippen LogP contribution >= 0.6 is 0 Å². The fourth-order valence-electron chi connectivity index (χ4n) is 11.1. The Labute approximate surface area is 307 Å². The molecular formula is C43H55NO8. The number of phenols is 1. The number of rotatable bonds is 9. The highest BCUT2D eigenvalue weighted by atomic mass is 16.6. The second-order valence-corrected chi connectivity index (χ2v) is 17.6. The first kappa shape index (κ1) is 36.7. The third-order valence-electron chi connectivity index (χ3n) is 13.0. The number of hydrogen-bond acceptors (Lipinski definition) is 8. The minimum atomic E-state index is -1.63. The van der Waals surface area contributed by atoms with Crippen molar-refractivity contribution in [1.82, 2.24) is 4.90 Å². The predicted octanol–water partition coefficient (Wildman–Crippen LogP) is 7.78. The van der Waals surface area contributed by atoms with E-state index in [1.807, 2.05) is 53.7 Å². The summed E-state index contributed by atoms with van der Waals surface area (Å²) in [5, 5.41) is 22.0. The number of ketones is 2. The zero-order chi connectivity index (χ0) is 37.8. The summed E-state index contributed by atoms with van der Waals surface area (Å²) in [5.41, 5.74) is -2.09. The molecule has 6 aliphatic rings. The average molecular weight is 714 g/mol. The van der Waals surface area contributed by atoms with E-state index in [0.29, 0.717) is 29.7 Å². The minimum absolute atomic E-state index is 0.0484. The summed E-state index contributed by atoms with van der Waals surface area (Å²) in [6, 6.07) is -0.478. The number of piperidine rings is 1. The monoisotopic (exact) mass is 713 g/mol. The van der Waals surface area contributed by atoms with Crippen LogP contribution in [0.2, 0.25) is 0 Å². The van der Waals surface area contributed by atoms with Gasteiger partial charge in [-0.2, -0.15) is 0 Å². The SMILES string of the molecule is CC(C)=CCCC1(C)C=Cc2c(O)c3c(c(CC=C(C)C)c2O1)OC12C(C3=O)C(N3CCCCC3)C3(C)C(=O)C1(C/C=C(/C)C(=O)O)OC(C)(C)C32. The van der Waals surface area contributed by atoms with Gasteiger partial charge in [0.05, 0.1) is 22.5 Å². The van der Waals surface area contributed by atoms with Crippen molar-refractivity contribution in [3.05, 3.63) is 57.7 Å². The predicted molar refractivity (Wildman–Crippen MR) is 199 cm³/mol. The van der Waals surface area contributed by atoms with E-state index in [9.17, 15) is 15.0 Å². The van der Waals surface area contributed by atoms with Gasteiger partial charge in [0.15, 0.2) is 22.8 Å². The normalized spacial score (nSPS) is 35.3. The van der Waals surface area contributed by atoms with Crippen LogP contribution in [0.5, 0.6) is 17.2 Å². The summed E-state index contributed by atoms with van der Waals surface area (Å²) in [6.07, 6.45) is 14.5. The molecule has 0 radical (unpaired) electrons. The number of allylic oxidation sites excluding steroid dienone is 4. The van der Waals surface area contributed by atoms with E-state index < -0.39 is 51.7 Å². The maximum absolute atomic E-state index is 15.6. The number of carbonyl (C=O) groups is 3. The van der Waals surface area contributed by atoms with Crippen LogP contribution in [-0.2, 0) is 20.7 Å². The van der Waals surface area contributed by atoms with E-state index in [4.69, 9.17) is 14.2 Å². The van der Waals surface area contributed by atoms with Crippen LogP contribution in [0.4, 0.5) is 0 Å². The number of carboxylic acids is 1. The third kappa shape index (κ3) is 4.90. The largest absolute Gasteiger partial charge is 0.506 e. The van der Waals surface area contributed by atoms with Gasteiger partial charge in [0, 0.05) is 29.5 Å². The second kappa shape index (κ2) is 12.2. The number of carboxylic acid groups (broad SMARTS) is 1. The summed E-state index contributed by atoms with van der Waals surface area (Å²) < 4.78 is 21.3. The highest BCUT2D eigenvalue weighted by Crippen LogP contribution is 2.78. The standard InChI is InChI=1S/C43H55NO8/c1-24(2)14-13-19-40(8)20-18-27-31(45)29-32(46)30-35(44-22-11-10-12-23-44)41(9)37-39(6,7)52-42(38(41)49,21-17-26(5)36(47)48)43(30,37)51-34(29)28(33(27)50-40)16-15-25(3)4/h14-15,17-18,20,30,35,37,45H,10-13,16,19,21-23H2,1-9H3,(H,47,48)/b26-17-. The number of aliphatic carboxylic acids is 1. The summed E-state index contributed by atoms with van der Waals surface area (Å²) in [5.74, 6) is -2.31. The Morgan fingerprint density at radius 3 is 2.25 bits per heavy atom. The summed E-state index contributed by atoms with van der Waals surface area (Å²) in [6.45, 7) is 19.1. The lowest BCUT2D eigenvalue weighted by molar-refractivity contribution is -0.203. The Balaban J connectivity index is 1.49. The van der Waals surface area contributed by atoms with Gasteiger partial charge in [0.1, 0.15) is 28.4 Å². The number of nitrogens with zero attached hydrogens (tertiary/aromatic N) is 1. The van der Waals surface area contributed by atoms with Crippen molar-refractivity contribution < 1.29 is 38.8 Å². The molecule has 52 heavy (non-hydrogen) atoms. The van der Waals surface area contributed by atoms with Crippen LogP contribution < -0.4 is 9.47 Å². The molecule has 9 nitrogen and oxygen atoms in total. The minimum Gasteiger partial charge on any atom is -0.506 e. The van der Waals surface area contributed by atoms with E-state index >= 15 is 9.59 Å². The van der Waals surface area contributed by atoms with E-state index in [0.717, 1.165) is 44.3 Å². The highest BCUT2D eigenvalue weighted by molar-refractivity contribution is 6.12. The van der Waals surface area contributed by atoms with Gasteiger partial charge in [-0.25, -0.2) is 4.79 Å². The molecule has 1 spiro atoms. The molecule has 4 heterocycles. The Morgan fingerprint density at radius 1 is 0.942 bits per heavy atom.